The number of rotatable bonds is 22. The van der Waals surface area contributed by atoms with Crippen LogP contribution in [0.25, 0.3) is 0 Å². The standard InChI is InChI=1S/C26H52O5/c1-2-3-4-5-6-7-8-9-10-11-12-13-14-15-16-17-18-19-20-30-21-24(28)26-25(29)23(27)22-31-26/h23-29H,2-22H2,1H3/t23-,24+,25+,26+/m0/s1. The zero-order valence-electron chi connectivity index (χ0n) is 20.3. The van der Waals surface area contributed by atoms with Gasteiger partial charge in [0.25, 0.3) is 0 Å². The fraction of sp³-hybridized carbons (Fsp3) is 1.00. The quantitative estimate of drug-likeness (QED) is 0.191. The molecule has 186 valence electrons. The first-order valence-electron chi connectivity index (χ1n) is 13.4. The fourth-order valence-electron chi connectivity index (χ4n) is 4.37. The van der Waals surface area contributed by atoms with E-state index in [2.05, 4.69) is 6.92 Å². The fourth-order valence-corrected chi connectivity index (χ4v) is 4.37. The van der Waals surface area contributed by atoms with Crippen molar-refractivity contribution in [1.29, 1.82) is 0 Å². The van der Waals surface area contributed by atoms with E-state index in [1.54, 1.807) is 0 Å². The summed E-state index contributed by atoms with van der Waals surface area (Å²) in [5, 5.41) is 29.1. The largest absolute Gasteiger partial charge is 0.388 e. The van der Waals surface area contributed by atoms with Crippen molar-refractivity contribution in [1.82, 2.24) is 0 Å². The number of hydrogen-bond acceptors (Lipinski definition) is 5. The van der Waals surface area contributed by atoms with E-state index in [-0.39, 0.29) is 13.2 Å². The maximum Gasteiger partial charge on any atom is 0.114 e. The van der Waals surface area contributed by atoms with Crippen LogP contribution in [0.1, 0.15) is 122 Å². The molecule has 1 heterocycles. The summed E-state index contributed by atoms with van der Waals surface area (Å²) in [6.07, 6.45) is 20.9. The second kappa shape index (κ2) is 20.4. The Morgan fingerprint density at radius 1 is 0.710 bits per heavy atom. The molecule has 1 fully saturated rings. The third-order valence-corrected chi connectivity index (χ3v) is 6.50. The Morgan fingerprint density at radius 3 is 1.52 bits per heavy atom. The molecule has 0 amide bonds. The molecule has 31 heavy (non-hydrogen) atoms. The van der Waals surface area contributed by atoms with E-state index in [4.69, 9.17) is 9.47 Å². The maximum atomic E-state index is 9.97. The second-order valence-electron chi connectivity index (χ2n) is 9.51. The Balaban J connectivity index is 1.72. The Kier molecular flexibility index (Phi) is 19.0. The summed E-state index contributed by atoms with van der Waals surface area (Å²) in [4.78, 5) is 0. The Bertz CT molecular complexity index is 379. The molecular weight excluding hydrogens is 392 g/mol. The summed E-state index contributed by atoms with van der Waals surface area (Å²) >= 11 is 0. The zero-order valence-corrected chi connectivity index (χ0v) is 20.3. The summed E-state index contributed by atoms with van der Waals surface area (Å²) in [6.45, 7) is 3.12. The molecule has 0 spiro atoms. The lowest BCUT2D eigenvalue weighted by molar-refractivity contribution is -0.0813. The molecule has 0 bridgehead atoms. The highest BCUT2D eigenvalue weighted by atomic mass is 16.5. The van der Waals surface area contributed by atoms with Crippen LogP contribution in [0, 0.1) is 0 Å². The molecule has 1 saturated heterocycles. The zero-order chi connectivity index (χ0) is 22.6. The van der Waals surface area contributed by atoms with E-state index in [0.29, 0.717) is 6.61 Å². The highest BCUT2D eigenvalue weighted by molar-refractivity contribution is 4.87. The van der Waals surface area contributed by atoms with E-state index >= 15 is 0 Å². The maximum absolute atomic E-state index is 9.97. The predicted octanol–water partition coefficient (Wildman–Crippen LogP) is 5.53. The highest BCUT2D eigenvalue weighted by Crippen LogP contribution is 2.18. The van der Waals surface area contributed by atoms with E-state index in [0.717, 1.165) is 12.8 Å². The summed E-state index contributed by atoms with van der Waals surface area (Å²) in [6, 6.07) is 0. The van der Waals surface area contributed by atoms with Crippen LogP contribution in [0.4, 0.5) is 0 Å². The van der Waals surface area contributed by atoms with E-state index in [1.807, 2.05) is 0 Å². The summed E-state index contributed by atoms with van der Waals surface area (Å²) in [7, 11) is 0. The number of unbranched alkanes of at least 4 members (excludes halogenated alkanes) is 17. The van der Waals surface area contributed by atoms with E-state index < -0.39 is 24.4 Å². The highest BCUT2D eigenvalue weighted by Gasteiger charge is 2.39. The lowest BCUT2D eigenvalue weighted by atomic mass is 10.0. The first-order chi connectivity index (χ1) is 15.2. The van der Waals surface area contributed by atoms with Gasteiger partial charge in [-0.05, 0) is 6.42 Å². The van der Waals surface area contributed by atoms with Gasteiger partial charge in [0, 0.05) is 6.61 Å². The van der Waals surface area contributed by atoms with Crippen molar-refractivity contribution in [2.24, 2.45) is 0 Å². The Hall–Kier alpha value is -0.200. The molecule has 0 unspecified atom stereocenters. The minimum atomic E-state index is -1.02. The van der Waals surface area contributed by atoms with Gasteiger partial charge in [0.1, 0.15) is 24.4 Å². The van der Waals surface area contributed by atoms with Gasteiger partial charge in [0.05, 0.1) is 13.2 Å². The van der Waals surface area contributed by atoms with Gasteiger partial charge in [-0.3, -0.25) is 0 Å². The van der Waals surface area contributed by atoms with Crippen LogP contribution in [0.2, 0.25) is 0 Å². The molecule has 3 N–H and O–H groups in total. The van der Waals surface area contributed by atoms with Gasteiger partial charge in [0.15, 0.2) is 0 Å². The Morgan fingerprint density at radius 2 is 1.13 bits per heavy atom. The molecule has 0 aromatic carbocycles. The number of aliphatic hydroxyl groups excluding tert-OH is 3. The summed E-state index contributed by atoms with van der Waals surface area (Å²) < 4.78 is 10.7. The SMILES string of the molecule is CCCCCCCCCCCCCCCCCCCCOC[C@@H](O)[C@H]1OC[C@H](O)[C@H]1O. The first kappa shape index (κ1) is 28.8. The smallest absolute Gasteiger partial charge is 0.114 e. The van der Waals surface area contributed by atoms with Gasteiger partial charge in [-0.2, -0.15) is 0 Å². The molecule has 5 nitrogen and oxygen atoms in total. The predicted molar refractivity (Wildman–Crippen MR) is 127 cm³/mol. The second-order valence-corrected chi connectivity index (χ2v) is 9.51. The lowest BCUT2D eigenvalue weighted by Gasteiger charge is -2.20. The van der Waals surface area contributed by atoms with Gasteiger partial charge in [-0.1, -0.05) is 116 Å². The van der Waals surface area contributed by atoms with Crippen molar-refractivity contribution >= 4 is 0 Å². The first-order valence-corrected chi connectivity index (χ1v) is 13.4. The van der Waals surface area contributed by atoms with Crippen LogP contribution in [-0.2, 0) is 9.47 Å². The topological polar surface area (TPSA) is 79.2 Å². The van der Waals surface area contributed by atoms with Crippen LogP contribution in [-0.4, -0.2) is 59.6 Å². The average Bonchev–Trinajstić information content (AvgIpc) is 3.10. The average molecular weight is 445 g/mol. The molecule has 0 saturated carbocycles. The van der Waals surface area contributed by atoms with Gasteiger partial charge >= 0.3 is 0 Å². The normalized spacial score (nSPS) is 22.3. The van der Waals surface area contributed by atoms with Crippen molar-refractivity contribution in [2.45, 2.75) is 147 Å². The molecule has 1 aliphatic heterocycles. The summed E-state index contributed by atoms with van der Waals surface area (Å²) in [5.41, 5.74) is 0. The van der Waals surface area contributed by atoms with Crippen LogP contribution >= 0.6 is 0 Å². The van der Waals surface area contributed by atoms with Crippen molar-refractivity contribution in [3.63, 3.8) is 0 Å². The Labute approximate surface area is 191 Å². The van der Waals surface area contributed by atoms with Gasteiger partial charge in [-0.25, -0.2) is 0 Å². The number of ether oxygens (including phenoxy) is 2. The molecule has 0 radical (unpaired) electrons. The van der Waals surface area contributed by atoms with Crippen LogP contribution < -0.4 is 0 Å². The molecule has 1 aliphatic rings. The van der Waals surface area contributed by atoms with Crippen LogP contribution in [0.5, 0.6) is 0 Å². The molecule has 0 aliphatic carbocycles. The third kappa shape index (κ3) is 15.3. The van der Waals surface area contributed by atoms with Gasteiger partial charge in [0.2, 0.25) is 0 Å². The molecular formula is C26H52O5. The number of hydrogen-bond donors (Lipinski definition) is 3. The van der Waals surface area contributed by atoms with Gasteiger partial charge in [-0.15, -0.1) is 0 Å². The van der Waals surface area contributed by atoms with Crippen molar-refractivity contribution < 1.29 is 24.8 Å². The summed E-state index contributed by atoms with van der Waals surface area (Å²) in [5.74, 6) is 0. The molecule has 4 atom stereocenters. The monoisotopic (exact) mass is 444 g/mol. The lowest BCUT2D eigenvalue weighted by Crippen LogP contribution is -2.40. The molecule has 5 heteroatoms. The molecule has 0 aromatic heterocycles. The van der Waals surface area contributed by atoms with Crippen LogP contribution in [0.3, 0.4) is 0 Å². The van der Waals surface area contributed by atoms with Crippen molar-refractivity contribution in [3.05, 3.63) is 0 Å². The molecule has 1 rings (SSSR count). The van der Waals surface area contributed by atoms with Crippen LogP contribution in [0.15, 0.2) is 0 Å². The molecule has 0 aromatic rings. The van der Waals surface area contributed by atoms with Crippen molar-refractivity contribution in [3.8, 4) is 0 Å². The minimum absolute atomic E-state index is 0.0716. The van der Waals surface area contributed by atoms with E-state index in [1.165, 1.54) is 103 Å². The third-order valence-electron chi connectivity index (χ3n) is 6.50. The van der Waals surface area contributed by atoms with E-state index in [9.17, 15) is 15.3 Å². The van der Waals surface area contributed by atoms with Crippen molar-refractivity contribution in [2.75, 3.05) is 19.8 Å². The minimum Gasteiger partial charge on any atom is -0.388 e. The van der Waals surface area contributed by atoms with Gasteiger partial charge < -0.3 is 24.8 Å². The number of aliphatic hydroxyl groups is 3.